The van der Waals surface area contributed by atoms with E-state index < -0.39 is 0 Å². The predicted octanol–water partition coefficient (Wildman–Crippen LogP) is 10.5. The number of hydrogen-bond acceptors (Lipinski definition) is 4. The molecule has 1 aromatic heterocycles. The van der Waals surface area contributed by atoms with Crippen molar-refractivity contribution < 1.29 is 0 Å². The maximum atomic E-state index is 5.27. The first-order chi connectivity index (χ1) is 19.2. The van der Waals surface area contributed by atoms with Crippen LogP contribution in [0, 0.1) is 5.92 Å². The molecule has 0 amide bonds. The van der Waals surface area contributed by atoms with Crippen LogP contribution >= 0.6 is 0 Å². The maximum absolute atomic E-state index is 5.27. The summed E-state index contributed by atoms with van der Waals surface area (Å²) in [5.74, 6) is 3.13. The fourth-order valence-electron chi connectivity index (χ4n) is 6.25. The number of rotatable bonds is 4. The van der Waals surface area contributed by atoms with E-state index in [0.29, 0.717) is 17.8 Å². The largest absolute Gasteiger partial charge is 0.337 e. The third-order valence-electron chi connectivity index (χ3n) is 8.57. The summed E-state index contributed by atoms with van der Waals surface area (Å²) in [6.07, 6.45) is 3.40. The van der Waals surface area contributed by atoms with Gasteiger partial charge < -0.3 is 9.80 Å². The minimum atomic E-state index is 0.110. The third-order valence-corrected chi connectivity index (χ3v) is 8.57. The van der Waals surface area contributed by atoms with Crippen molar-refractivity contribution in [2.75, 3.05) is 16.8 Å². The molecular formula is C36H54N4. The molecule has 0 aliphatic carbocycles. The topological polar surface area (TPSA) is 32.3 Å². The van der Waals surface area contributed by atoms with Crippen LogP contribution in [0.1, 0.15) is 111 Å². The molecule has 40 heavy (non-hydrogen) atoms. The van der Waals surface area contributed by atoms with Gasteiger partial charge in [0, 0.05) is 29.6 Å². The predicted molar refractivity (Wildman–Crippen MR) is 177 cm³/mol. The van der Waals surface area contributed by atoms with Crippen molar-refractivity contribution in [1.82, 2.24) is 9.97 Å². The molecule has 3 atom stereocenters. The summed E-state index contributed by atoms with van der Waals surface area (Å²) >= 11 is 0. The molecular weight excluding hydrogens is 488 g/mol. The molecule has 2 aromatic carbocycles. The van der Waals surface area contributed by atoms with Crippen LogP contribution in [0.5, 0.6) is 0 Å². The van der Waals surface area contributed by atoms with E-state index >= 15 is 0 Å². The number of hydrogen-bond donors (Lipinski definition) is 0. The summed E-state index contributed by atoms with van der Waals surface area (Å²) in [6.45, 7) is 30.2. The first-order valence-corrected chi connectivity index (χ1v) is 15.3. The van der Waals surface area contributed by atoms with Crippen LogP contribution in [0.15, 0.2) is 61.8 Å². The monoisotopic (exact) mass is 542 g/mol. The third kappa shape index (κ3) is 5.42. The lowest BCUT2D eigenvalue weighted by atomic mass is 9.66. The van der Waals surface area contributed by atoms with Crippen molar-refractivity contribution in [3.63, 3.8) is 0 Å². The van der Waals surface area contributed by atoms with Gasteiger partial charge in [-0.25, -0.2) is 9.97 Å². The van der Waals surface area contributed by atoms with Gasteiger partial charge in [0.05, 0.1) is 6.20 Å². The van der Waals surface area contributed by atoms with E-state index in [1.54, 1.807) is 0 Å². The highest BCUT2D eigenvalue weighted by molar-refractivity contribution is 5.85. The molecule has 3 heterocycles. The van der Waals surface area contributed by atoms with Crippen molar-refractivity contribution in [1.29, 1.82) is 0 Å². The molecule has 5 rings (SSSR count). The van der Waals surface area contributed by atoms with Crippen molar-refractivity contribution in [3.05, 3.63) is 78.5 Å². The van der Waals surface area contributed by atoms with Crippen LogP contribution in [0.3, 0.4) is 0 Å². The molecule has 0 fully saturated rings. The number of anilines is 3. The van der Waals surface area contributed by atoms with E-state index in [1.807, 2.05) is 27.7 Å². The van der Waals surface area contributed by atoms with Gasteiger partial charge in [-0.05, 0) is 41.0 Å². The Hall–Kier alpha value is -3.14. The highest BCUT2D eigenvalue weighted by Crippen LogP contribution is 2.56. The molecule has 3 unspecified atom stereocenters. The van der Waals surface area contributed by atoms with Crippen LogP contribution in [0.4, 0.5) is 17.2 Å². The SMILES string of the molecule is C=C.CC.CC.CCC1(C)c2ccccc2N2c3cnc(-c4c(C(C)C)cccc4C(C)C)nc3N(C)C2C1C. The number of para-hydroxylation sites is 1. The molecule has 4 nitrogen and oxygen atoms in total. The number of nitrogens with zero attached hydrogens (tertiary/aromatic N) is 4. The molecule has 2 aliphatic heterocycles. The number of benzene rings is 2. The Morgan fingerprint density at radius 1 is 0.875 bits per heavy atom. The van der Waals surface area contributed by atoms with Gasteiger partial charge in [-0.3, -0.25) is 0 Å². The fourth-order valence-corrected chi connectivity index (χ4v) is 6.25. The molecule has 2 aliphatic rings. The Bertz CT molecular complexity index is 1220. The Balaban J connectivity index is 0.000000876. The summed E-state index contributed by atoms with van der Waals surface area (Å²) in [5, 5.41) is 0. The molecule has 3 aromatic rings. The first kappa shape index (κ1) is 33.1. The Morgan fingerprint density at radius 3 is 1.95 bits per heavy atom. The van der Waals surface area contributed by atoms with Crippen molar-refractivity contribution in [2.24, 2.45) is 5.92 Å². The van der Waals surface area contributed by atoms with E-state index in [9.17, 15) is 0 Å². The minimum Gasteiger partial charge on any atom is -0.337 e. The molecule has 0 saturated carbocycles. The van der Waals surface area contributed by atoms with Crippen LogP contribution < -0.4 is 9.80 Å². The summed E-state index contributed by atoms with van der Waals surface area (Å²) in [5.41, 5.74) is 7.80. The lowest BCUT2D eigenvalue weighted by Gasteiger charge is -2.50. The number of aromatic nitrogens is 2. The molecule has 4 heteroatoms. The van der Waals surface area contributed by atoms with Gasteiger partial charge in [0.2, 0.25) is 0 Å². The van der Waals surface area contributed by atoms with Crippen molar-refractivity contribution >= 4 is 17.2 Å². The van der Waals surface area contributed by atoms with Gasteiger partial charge in [0.1, 0.15) is 11.9 Å². The first-order valence-electron chi connectivity index (χ1n) is 15.3. The lowest BCUT2D eigenvalue weighted by molar-refractivity contribution is 0.246. The smallest absolute Gasteiger partial charge is 0.162 e. The van der Waals surface area contributed by atoms with Gasteiger partial charge in [-0.15, -0.1) is 13.2 Å². The van der Waals surface area contributed by atoms with Crippen molar-refractivity contribution in [2.45, 2.75) is 106 Å². The molecule has 0 spiro atoms. The van der Waals surface area contributed by atoms with E-state index in [1.165, 1.54) is 27.9 Å². The van der Waals surface area contributed by atoms with E-state index in [2.05, 4.69) is 127 Å². The highest BCUT2D eigenvalue weighted by atomic mass is 15.4. The second kappa shape index (κ2) is 14.0. The van der Waals surface area contributed by atoms with E-state index in [4.69, 9.17) is 9.97 Å². The van der Waals surface area contributed by atoms with Gasteiger partial charge in [0.25, 0.3) is 0 Å². The standard InChI is InChI=1S/C30H38N4.2C2H6.C2H4/c1-9-30(7)20(6)29-33(8)28-25(34(29)24-16-11-10-15-23(24)30)17-31-27(32-28)26-21(18(2)3)13-12-14-22(26)19(4)5;3*1-2/h10-20,29H,9H2,1-8H3;2*1-2H3;1-2H2. The molecule has 0 N–H and O–H groups in total. The lowest BCUT2D eigenvalue weighted by Crippen LogP contribution is -2.54. The summed E-state index contributed by atoms with van der Waals surface area (Å²) in [6, 6.07) is 15.6. The summed E-state index contributed by atoms with van der Waals surface area (Å²) in [4.78, 5) is 15.1. The van der Waals surface area contributed by atoms with Gasteiger partial charge in [-0.1, -0.05) is 113 Å². The normalized spacial score (nSPS) is 20.2. The summed E-state index contributed by atoms with van der Waals surface area (Å²) in [7, 11) is 2.21. The minimum absolute atomic E-state index is 0.110. The molecule has 218 valence electrons. The molecule has 0 bridgehead atoms. The fraction of sp³-hybridized carbons (Fsp3) is 0.500. The van der Waals surface area contributed by atoms with Gasteiger partial charge >= 0.3 is 0 Å². The summed E-state index contributed by atoms with van der Waals surface area (Å²) < 4.78 is 0. The molecule has 0 radical (unpaired) electrons. The second-order valence-electron chi connectivity index (χ2n) is 11.0. The zero-order valence-corrected chi connectivity index (χ0v) is 27.3. The molecule has 0 saturated heterocycles. The average molecular weight is 543 g/mol. The highest BCUT2D eigenvalue weighted by Gasteiger charge is 2.51. The van der Waals surface area contributed by atoms with Gasteiger partial charge in [0.15, 0.2) is 11.6 Å². The Morgan fingerprint density at radius 2 is 1.43 bits per heavy atom. The van der Waals surface area contributed by atoms with E-state index in [-0.39, 0.29) is 11.6 Å². The Labute approximate surface area is 245 Å². The van der Waals surface area contributed by atoms with Crippen molar-refractivity contribution in [3.8, 4) is 11.4 Å². The quantitative estimate of drug-likeness (QED) is 0.307. The van der Waals surface area contributed by atoms with Crippen LogP contribution in [-0.2, 0) is 5.41 Å². The van der Waals surface area contributed by atoms with Crippen LogP contribution in [-0.4, -0.2) is 23.2 Å². The Kier molecular flexibility index (Phi) is 11.5. The zero-order valence-electron chi connectivity index (χ0n) is 27.3. The number of fused-ring (bicyclic) bond motifs is 5. The van der Waals surface area contributed by atoms with Crippen LogP contribution in [0.25, 0.3) is 11.4 Å². The maximum Gasteiger partial charge on any atom is 0.162 e. The van der Waals surface area contributed by atoms with Crippen LogP contribution in [0.2, 0.25) is 0 Å². The zero-order chi connectivity index (χ0) is 30.4. The second-order valence-corrected chi connectivity index (χ2v) is 11.0. The van der Waals surface area contributed by atoms with Gasteiger partial charge in [-0.2, -0.15) is 0 Å². The average Bonchev–Trinajstić information content (AvgIpc) is 3.30. The van der Waals surface area contributed by atoms with E-state index in [0.717, 1.165) is 23.8 Å².